The average molecular weight is 265 g/mol. The molecule has 1 saturated carbocycles. The quantitative estimate of drug-likeness (QED) is 0.766. The predicted molar refractivity (Wildman–Crippen MR) is 72.5 cm³/mol. The van der Waals surface area contributed by atoms with Crippen LogP contribution < -0.4 is 11.2 Å². The van der Waals surface area contributed by atoms with E-state index in [-0.39, 0.29) is 22.9 Å². The lowest BCUT2D eigenvalue weighted by molar-refractivity contribution is 0.0746. The molecule has 0 saturated heterocycles. The number of nitrogens with zero attached hydrogens (tertiary/aromatic N) is 1. The van der Waals surface area contributed by atoms with E-state index in [1.807, 2.05) is 0 Å². The fourth-order valence-electron chi connectivity index (χ4n) is 1.80. The van der Waals surface area contributed by atoms with Crippen molar-refractivity contribution in [3.05, 3.63) is 34.2 Å². The zero-order valence-corrected chi connectivity index (χ0v) is 10.7. The number of thiocarbonyl (C=S) groups is 1. The molecule has 0 atom stereocenters. The second kappa shape index (κ2) is 5.30. The molecular formula is C12H15N3O2S. The van der Waals surface area contributed by atoms with Gasteiger partial charge in [-0.1, -0.05) is 12.2 Å². The zero-order valence-electron chi connectivity index (χ0n) is 9.89. The molecule has 1 aromatic heterocycles. The molecule has 1 fully saturated rings. The molecular weight excluding hydrogens is 250 g/mol. The molecule has 96 valence electrons. The van der Waals surface area contributed by atoms with Gasteiger partial charge >= 0.3 is 0 Å². The fourth-order valence-corrected chi connectivity index (χ4v) is 1.90. The lowest BCUT2D eigenvalue weighted by Gasteiger charge is -2.21. The Balaban J connectivity index is 2.16. The molecule has 1 aliphatic rings. The summed E-state index contributed by atoms with van der Waals surface area (Å²) in [6.07, 6.45) is 5.40. The molecule has 6 heteroatoms. The van der Waals surface area contributed by atoms with Crippen molar-refractivity contribution in [1.82, 2.24) is 9.88 Å². The van der Waals surface area contributed by atoms with Gasteiger partial charge in [0.1, 0.15) is 5.56 Å². The van der Waals surface area contributed by atoms with Crippen LogP contribution in [0.25, 0.3) is 0 Å². The summed E-state index contributed by atoms with van der Waals surface area (Å²) in [5.74, 6) is -0.240. The van der Waals surface area contributed by atoms with Crippen LogP contribution >= 0.6 is 12.2 Å². The number of amides is 1. The molecule has 0 spiro atoms. The molecule has 0 unspecified atom stereocenters. The third-order valence-electron chi connectivity index (χ3n) is 2.90. The van der Waals surface area contributed by atoms with Gasteiger partial charge in [0, 0.05) is 37.5 Å². The molecule has 1 aliphatic carbocycles. The van der Waals surface area contributed by atoms with Gasteiger partial charge in [0.2, 0.25) is 0 Å². The van der Waals surface area contributed by atoms with Gasteiger partial charge in [0.05, 0.1) is 4.99 Å². The number of aromatic amines is 1. The topological polar surface area (TPSA) is 79.2 Å². The second-order valence-electron chi connectivity index (χ2n) is 4.37. The largest absolute Gasteiger partial charge is 0.393 e. The van der Waals surface area contributed by atoms with E-state index in [4.69, 9.17) is 18.0 Å². The number of hydrogen-bond donors (Lipinski definition) is 2. The Morgan fingerprint density at radius 3 is 2.83 bits per heavy atom. The first kappa shape index (κ1) is 12.8. The maximum Gasteiger partial charge on any atom is 0.259 e. The van der Waals surface area contributed by atoms with Crippen molar-refractivity contribution >= 4 is 23.1 Å². The maximum absolute atomic E-state index is 12.3. The second-order valence-corrected chi connectivity index (χ2v) is 4.89. The summed E-state index contributed by atoms with van der Waals surface area (Å²) in [4.78, 5) is 28.8. The lowest BCUT2D eigenvalue weighted by atomic mass is 10.2. The normalized spacial score (nSPS) is 14.2. The number of rotatable bonds is 5. The van der Waals surface area contributed by atoms with E-state index in [1.165, 1.54) is 18.5 Å². The SMILES string of the molecule is NC(=S)CCN(C(=O)c1c[nH]ccc1=O)C1CC1. The number of aromatic nitrogens is 1. The van der Waals surface area contributed by atoms with E-state index in [0.717, 1.165) is 12.8 Å². The van der Waals surface area contributed by atoms with Crippen LogP contribution in [0.1, 0.15) is 29.6 Å². The Morgan fingerprint density at radius 2 is 2.28 bits per heavy atom. The van der Waals surface area contributed by atoms with Gasteiger partial charge in [-0.2, -0.15) is 0 Å². The molecule has 0 aromatic carbocycles. The van der Waals surface area contributed by atoms with Crippen molar-refractivity contribution in [2.75, 3.05) is 6.54 Å². The minimum absolute atomic E-state index is 0.173. The Labute approximate surface area is 110 Å². The number of carbonyl (C=O) groups excluding carboxylic acids is 1. The first-order chi connectivity index (χ1) is 8.59. The fraction of sp³-hybridized carbons (Fsp3) is 0.417. The minimum atomic E-state index is -0.264. The number of hydrogen-bond acceptors (Lipinski definition) is 3. The molecule has 3 N–H and O–H groups in total. The summed E-state index contributed by atoms with van der Waals surface area (Å²) in [7, 11) is 0. The van der Waals surface area contributed by atoms with Gasteiger partial charge in [-0.15, -0.1) is 0 Å². The van der Waals surface area contributed by atoms with Crippen LogP contribution in [0.2, 0.25) is 0 Å². The lowest BCUT2D eigenvalue weighted by Crippen LogP contribution is -2.37. The van der Waals surface area contributed by atoms with Crippen LogP contribution in [0.3, 0.4) is 0 Å². The molecule has 0 aliphatic heterocycles. The van der Waals surface area contributed by atoms with E-state index in [1.54, 1.807) is 4.90 Å². The number of nitrogens with two attached hydrogens (primary N) is 1. The van der Waals surface area contributed by atoms with Crippen LogP contribution in [0.15, 0.2) is 23.3 Å². The zero-order chi connectivity index (χ0) is 13.1. The van der Waals surface area contributed by atoms with Crippen molar-refractivity contribution in [2.45, 2.75) is 25.3 Å². The van der Waals surface area contributed by atoms with E-state index in [9.17, 15) is 9.59 Å². The van der Waals surface area contributed by atoms with Gasteiger partial charge in [0.15, 0.2) is 5.43 Å². The summed E-state index contributed by atoms with van der Waals surface area (Å²) in [5.41, 5.74) is 5.36. The van der Waals surface area contributed by atoms with Crippen LogP contribution in [-0.4, -0.2) is 33.4 Å². The van der Waals surface area contributed by atoms with E-state index in [0.29, 0.717) is 18.0 Å². The van der Waals surface area contributed by atoms with Gasteiger partial charge in [-0.25, -0.2) is 0 Å². The first-order valence-electron chi connectivity index (χ1n) is 5.86. The van der Waals surface area contributed by atoms with E-state index >= 15 is 0 Å². The molecule has 5 nitrogen and oxygen atoms in total. The first-order valence-corrected chi connectivity index (χ1v) is 6.27. The Bertz CT molecular complexity index is 522. The Morgan fingerprint density at radius 1 is 1.56 bits per heavy atom. The minimum Gasteiger partial charge on any atom is -0.393 e. The van der Waals surface area contributed by atoms with Crippen LogP contribution in [-0.2, 0) is 0 Å². The Kier molecular flexibility index (Phi) is 3.76. The summed E-state index contributed by atoms with van der Waals surface area (Å²) in [6, 6.07) is 1.58. The molecule has 2 rings (SSSR count). The molecule has 0 radical (unpaired) electrons. The van der Waals surface area contributed by atoms with Gasteiger partial charge in [0.25, 0.3) is 5.91 Å². The standard InChI is InChI=1S/C12H15N3O2S/c13-11(18)4-6-15(8-1-2-8)12(17)9-7-14-5-3-10(9)16/h3,5,7-8H,1-2,4,6H2,(H2,13,18)(H,14,16). The highest BCUT2D eigenvalue weighted by molar-refractivity contribution is 7.80. The molecule has 0 bridgehead atoms. The molecule has 1 amide bonds. The highest BCUT2D eigenvalue weighted by Crippen LogP contribution is 2.27. The Hall–Kier alpha value is -1.69. The van der Waals surface area contributed by atoms with Crippen molar-refractivity contribution in [3.8, 4) is 0 Å². The number of pyridine rings is 1. The van der Waals surface area contributed by atoms with Crippen molar-refractivity contribution in [3.63, 3.8) is 0 Å². The molecule has 1 aromatic rings. The van der Waals surface area contributed by atoms with Gasteiger partial charge < -0.3 is 15.6 Å². The van der Waals surface area contributed by atoms with Crippen molar-refractivity contribution in [1.29, 1.82) is 0 Å². The third kappa shape index (κ3) is 2.95. The average Bonchev–Trinajstić information content (AvgIpc) is 3.13. The molecule has 1 heterocycles. The highest BCUT2D eigenvalue weighted by atomic mass is 32.1. The monoisotopic (exact) mass is 265 g/mol. The maximum atomic E-state index is 12.3. The summed E-state index contributed by atoms with van der Waals surface area (Å²) >= 11 is 4.82. The van der Waals surface area contributed by atoms with Crippen LogP contribution in [0, 0.1) is 0 Å². The summed E-state index contributed by atoms with van der Waals surface area (Å²) < 4.78 is 0. The summed E-state index contributed by atoms with van der Waals surface area (Å²) in [5, 5.41) is 0. The van der Waals surface area contributed by atoms with Crippen LogP contribution in [0.4, 0.5) is 0 Å². The third-order valence-corrected chi connectivity index (χ3v) is 3.11. The summed E-state index contributed by atoms with van der Waals surface area (Å²) in [6.45, 7) is 0.479. The van der Waals surface area contributed by atoms with Crippen molar-refractivity contribution < 1.29 is 4.79 Å². The number of carbonyl (C=O) groups is 1. The van der Waals surface area contributed by atoms with Crippen molar-refractivity contribution in [2.24, 2.45) is 5.73 Å². The van der Waals surface area contributed by atoms with Gasteiger partial charge in [-0.05, 0) is 12.8 Å². The van der Waals surface area contributed by atoms with Gasteiger partial charge in [-0.3, -0.25) is 9.59 Å². The van der Waals surface area contributed by atoms with E-state index in [2.05, 4.69) is 4.98 Å². The predicted octanol–water partition coefficient (Wildman–Crippen LogP) is 0.656. The number of nitrogens with one attached hydrogen (secondary N) is 1. The number of H-pyrrole nitrogens is 1. The highest BCUT2D eigenvalue weighted by Gasteiger charge is 2.33. The molecule has 18 heavy (non-hydrogen) atoms. The van der Waals surface area contributed by atoms with E-state index < -0.39 is 0 Å². The smallest absolute Gasteiger partial charge is 0.259 e. The van der Waals surface area contributed by atoms with Crippen LogP contribution in [0.5, 0.6) is 0 Å².